The van der Waals surface area contributed by atoms with Gasteiger partial charge >= 0.3 is 17.9 Å². The Morgan fingerprint density at radius 1 is 1.04 bits per heavy atom. The van der Waals surface area contributed by atoms with Crippen LogP contribution < -0.4 is 0 Å². The summed E-state index contributed by atoms with van der Waals surface area (Å²) in [7, 11) is 0. The van der Waals surface area contributed by atoms with Crippen LogP contribution in [0.25, 0.3) is 5.00 Å². The molecule has 0 saturated carbocycles. The molecule has 0 aromatic carbocycles. The monoisotopic (exact) mass is 396 g/mol. The van der Waals surface area contributed by atoms with Crippen LogP contribution in [-0.4, -0.2) is 52.6 Å². The lowest BCUT2D eigenvalue weighted by Crippen LogP contribution is -2.11. The number of rotatable bonds is 7. The Labute approximate surface area is 159 Å². The van der Waals surface area contributed by atoms with E-state index in [9.17, 15) is 19.5 Å². The molecule has 2 aromatic heterocycles. The van der Waals surface area contributed by atoms with Crippen LogP contribution in [0.4, 0.5) is 0 Å². The van der Waals surface area contributed by atoms with Gasteiger partial charge in [0.2, 0.25) is 5.69 Å². The molecule has 0 spiro atoms. The first-order valence-electron chi connectivity index (χ1n) is 8.29. The first-order valence-corrected chi connectivity index (χ1v) is 9.10. The van der Waals surface area contributed by atoms with Crippen molar-refractivity contribution in [1.29, 1.82) is 0 Å². The average molecular weight is 396 g/mol. The number of carbonyl (C=O) groups is 3. The number of aromatic nitrogens is 2. The molecular formula is C17H20N2O7S. The number of esters is 3. The highest BCUT2D eigenvalue weighted by Gasteiger charge is 2.29. The molecule has 2 heterocycles. The van der Waals surface area contributed by atoms with Crippen LogP contribution in [-0.2, 0) is 14.2 Å². The fourth-order valence-corrected chi connectivity index (χ4v) is 3.42. The third kappa shape index (κ3) is 4.11. The van der Waals surface area contributed by atoms with E-state index in [4.69, 9.17) is 14.2 Å². The molecule has 0 bridgehead atoms. The number of carbonyl (C=O) groups excluding carboxylic acids is 3. The lowest BCUT2D eigenvalue weighted by Gasteiger charge is -2.05. The minimum absolute atomic E-state index is 0.114. The van der Waals surface area contributed by atoms with Gasteiger partial charge in [-0.05, 0) is 33.3 Å². The molecule has 0 unspecified atom stereocenters. The molecule has 0 aliphatic carbocycles. The highest BCUT2D eigenvalue weighted by molar-refractivity contribution is 7.17. The normalized spacial score (nSPS) is 10.5. The van der Waals surface area contributed by atoms with E-state index >= 15 is 0 Å². The SMILES string of the molecule is CCOC(=O)c1nn(-c2sc(C(=O)OCC)c(C)c2C(=O)OCC)cc1O. The molecule has 0 atom stereocenters. The average Bonchev–Trinajstić information content (AvgIpc) is 3.16. The zero-order valence-corrected chi connectivity index (χ0v) is 16.2. The van der Waals surface area contributed by atoms with E-state index < -0.39 is 23.7 Å². The lowest BCUT2D eigenvalue weighted by molar-refractivity contribution is 0.0508. The third-order valence-corrected chi connectivity index (χ3v) is 4.70. The van der Waals surface area contributed by atoms with Gasteiger partial charge in [0.05, 0.1) is 26.0 Å². The predicted octanol–water partition coefficient (Wildman–Crippen LogP) is 2.48. The standard InChI is InChI=1S/C17H20N2O7S/c1-5-24-15(21)11-9(4)13(17(23)26-7-3)27-14(11)19-8-10(20)12(18-19)16(22)25-6-2/h8,20H,5-7H2,1-4H3. The smallest absolute Gasteiger partial charge is 0.362 e. The Morgan fingerprint density at radius 2 is 1.59 bits per heavy atom. The fourth-order valence-electron chi connectivity index (χ4n) is 2.31. The number of nitrogens with zero attached hydrogens (tertiary/aromatic N) is 2. The molecule has 0 amide bonds. The van der Waals surface area contributed by atoms with Gasteiger partial charge in [0.25, 0.3) is 0 Å². The van der Waals surface area contributed by atoms with E-state index in [-0.39, 0.29) is 41.0 Å². The summed E-state index contributed by atoms with van der Waals surface area (Å²) in [5, 5.41) is 14.2. The Balaban J connectivity index is 2.59. The van der Waals surface area contributed by atoms with Crippen molar-refractivity contribution in [2.24, 2.45) is 0 Å². The first kappa shape index (κ1) is 20.4. The second kappa shape index (κ2) is 8.67. The van der Waals surface area contributed by atoms with E-state index in [1.807, 2.05) is 0 Å². The zero-order chi connectivity index (χ0) is 20.1. The van der Waals surface area contributed by atoms with Crippen LogP contribution in [0.1, 0.15) is 56.9 Å². The summed E-state index contributed by atoms with van der Waals surface area (Å²) in [6.45, 7) is 6.98. The van der Waals surface area contributed by atoms with Crippen molar-refractivity contribution < 1.29 is 33.7 Å². The lowest BCUT2D eigenvalue weighted by atomic mass is 10.1. The highest BCUT2D eigenvalue weighted by atomic mass is 32.1. The summed E-state index contributed by atoms with van der Waals surface area (Å²) in [4.78, 5) is 36.7. The van der Waals surface area contributed by atoms with Crippen LogP contribution >= 0.6 is 11.3 Å². The van der Waals surface area contributed by atoms with Crippen LogP contribution in [0, 0.1) is 6.92 Å². The van der Waals surface area contributed by atoms with Crippen molar-refractivity contribution in [3.05, 3.63) is 27.9 Å². The van der Waals surface area contributed by atoms with Crippen LogP contribution in [0.2, 0.25) is 0 Å². The summed E-state index contributed by atoms with van der Waals surface area (Å²) in [5.41, 5.74) is 0.192. The van der Waals surface area contributed by atoms with Gasteiger partial charge in [-0.2, -0.15) is 5.10 Å². The molecule has 9 nitrogen and oxygen atoms in total. The Hall–Kier alpha value is -2.88. The van der Waals surface area contributed by atoms with Crippen molar-refractivity contribution in [1.82, 2.24) is 9.78 Å². The van der Waals surface area contributed by atoms with E-state index in [2.05, 4.69) is 5.10 Å². The minimum Gasteiger partial charge on any atom is -0.504 e. The largest absolute Gasteiger partial charge is 0.504 e. The van der Waals surface area contributed by atoms with Crippen molar-refractivity contribution in [2.75, 3.05) is 19.8 Å². The summed E-state index contributed by atoms with van der Waals surface area (Å²) in [6, 6.07) is 0. The van der Waals surface area contributed by atoms with Gasteiger partial charge in [-0.3, -0.25) is 0 Å². The summed E-state index contributed by atoms with van der Waals surface area (Å²) >= 11 is 0.950. The molecule has 146 valence electrons. The van der Waals surface area contributed by atoms with Gasteiger partial charge in [-0.25, -0.2) is 19.1 Å². The third-order valence-electron chi connectivity index (χ3n) is 3.44. The molecular weight excluding hydrogens is 376 g/mol. The summed E-state index contributed by atoms with van der Waals surface area (Å²) < 4.78 is 16.1. The molecule has 1 N–H and O–H groups in total. The van der Waals surface area contributed by atoms with Crippen LogP contribution in [0.5, 0.6) is 5.75 Å². The molecule has 27 heavy (non-hydrogen) atoms. The van der Waals surface area contributed by atoms with Gasteiger partial charge in [0, 0.05) is 0 Å². The summed E-state index contributed by atoms with van der Waals surface area (Å²) in [5.74, 6) is -2.44. The molecule has 10 heteroatoms. The molecule has 2 rings (SSSR count). The highest BCUT2D eigenvalue weighted by Crippen LogP contribution is 2.34. The van der Waals surface area contributed by atoms with Crippen molar-refractivity contribution in [3.63, 3.8) is 0 Å². The van der Waals surface area contributed by atoms with Crippen LogP contribution in [0.15, 0.2) is 6.20 Å². The fraction of sp³-hybridized carbons (Fsp3) is 0.412. The van der Waals surface area contributed by atoms with Crippen molar-refractivity contribution in [3.8, 4) is 10.8 Å². The maximum Gasteiger partial charge on any atom is 0.362 e. The van der Waals surface area contributed by atoms with Gasteiger partial charge in [-0.15, -0.1) is 11.3 Å². The van der Waals surface area contributed by atoms with E-state index in [1.54, 1.807) is 27.7 Å². The van der Waals surface area contributed by atoms with E-state index in [0.29, 0.717) is 5.56 Å². The van der Waals surface area contributed by atoms with Crippen LogP contribution in [0.3, 0.4) is 0 Å². The van der Waals surface area contributed by atoms with E-state index in [1.165, 1.54) is 0 Å². The molecule has 0 fully saturated rings. The predicted molar refractivity (Wildman–Crippen MR) is 95.7 cm³/mol. The number of ether oxygens (including phenoxy) is 3. The number of hydrogen-bond acceptors (Lipinski definition) is 9. The second-order valence-electron chi connectivity index (χ2n) is 5.21. The maximum atomic E-state index is 12.4. The van der Waals surface area contributed by atoms with Gasteiger partial charge in [-0.1, -0.05) is 0 Å². The number of aromatic hydroxyl groups is 1. The van der Waals surface area contributed by atoms with E-state index in [0.717, 1.165) is 22.2 Å². The van der Waals surface area contributed by atoms with Gasteiger partial charge in [0.1, 0.15) is 15.4 Å². The molecule has 0 radical (unpaired) electrons. The molecule has 0 aliphatic heterocycles. The molecule has 0 saturated heterocycles. The zero-order valence-electron chi connectivity index (χ0n) is 15.4. The second-order valence-corrected chi connectivity index (χ2v) is 6.20. The Morgan fingerprint density at radius 3 is 2.19 bits per heavy atom. The topological polar surface area (TPSA) is 117 Å². The van der Waals surface area contributed by atoms with Gasteiger partial charge in [0.15, 0.2) is 5.75 Å². The Kier molecular flexibility index (Phi) is 6.56. The molecule has 0 aliphatic rings. The number of hydrogen-bond donors (Lipinski definition) is 1. The quantitative estimate of drug-likeness (QED) is 0.560. The molecule has 2 aromatic rings. The summed E-state index contributed by atoms with van der Waals surface area (Å²) in [6.07, 6.45) is 1.16. The van der Waals surface area contributed by atoms with Crippen molar-refractivity contribution >= 4 is 29.2 Å². The number of thiophene rings is 1. The van der Waals surface area contributed by atoms with Crippen molar-refractivity contribution in [2.45, 2.75) is 27.7 Å². The Bertz CT molecular complexity index is 869. The minimum atomic E-state index is -0.801. The first-order chi connectivity index (χ1) is 12.8. The van der Waals surface area contributed by atoms with Gasteiger partial charge < -0.3 is 19.3 Å². The maximum absolute atomic E-state index is 12.4.